The Labute approximate surface area is 123 Å². The van der Waals surface area contributed by atoms with Gasteiger partial charge in [0.25, 0.3) is 0 Å². The molecule has 2 aromatic carbocycles. The third-order valence-electron chi connectivity index (χ3n) is 3.08. The molecule has 0 bridgehead atoms. The normalized spacial score (nSPS) is 11.7. The van der Waals surface area contributed by atoms with Gasteiger partial charge < -0.3 is 20.9 Å². The van der Waals surface area contributed by atoms with Crippen LogP contribution >= 0.6 is 0 Å². The Balaban J connectivity index is 1.99. The van der Waals surface area contributed by atoms with Gasteiger partial charge in [-0.15, -0.1) is 0 Å². The van der Waals surface area contributed by atoms with E-state index in [1.165, 1.54) is 13.2 Å². The van der Waals surface area contributed by atoms with E-state index in [0.717, 1.165) is 5.56 Å². The van der Waals surface area contributed by atoms with Gasteiger partial charge in [0.05, 0.1) is 13.2 Å². The van der Waals surface area contributed by atoms with Crippen molar-refractivity contribution in [2.75, 3.05) is 12.4 Å². The maximum Gasteiger partial charge on any atom is 0.241 e. The molecule has 0 saturated carbocycles. The monoisotopic (exact) mass is 286 g/mol. The Morgan fingerprint density at radius 1 is 1.29 bits per heavy atom. The van der Waals surface area contributed by atoms with Crippen molar-refractivity contribution in [2.24, 2.45) is 5.73 Å². The third kappa shape index (κ3) is 3.97. The molecule has 0 unspecified atom stereocenters. The molecule has 0 heterocycles. The molecule has 21 heavy (non-hydrogen) atoms. The quantitative estimate of drug-likeness (QED) is 0.784. The third-order valence-corrected chi connectivity index (χ3v) is 3.08. The minimum absolute atomic E-state index is 0.0352. The Morgan fingerprint density at radius 2 is 2.00 bits per heavy atom. The molecule has 1 amide bonds. The molecule has 1 atom stereocenters. The van der Waals surface area contributed by atoms with Crippen molar-refractivity contribution in [3.8, 4) is 11.5 Å². The standard InChI is InChI=1S/C16H18N2O3/c1-21-15-8-7-12(10-14(15)19)18-16(20)13(17)9-11-5-3-2-4-6-11/h2-8,10,13,19H,9,17H2,1H3,(H,18,20)/t13-/m1/s1. The van der Waals surface area contributed by atoms with Crippen molar-refractivity contribution < 1.29 is 14.6 Å². The van der Waals surface area contributed by atoms with E-state index < -0.39 is 6.04 Å². The molecule has 2 aromatic rings. The first kappa shape index (κ1) is 14.9. The van der Waals surface area contributed by atoms with Gasteiger partial charge in [-0.25, -0.2) is 0 Å². The van der Waals surface area contributed by atoms with Crippen LogP contribution in [0.15, 0.2) is 48.5 Å². The molecular weight excluding hydrogens is 268 g/mol. The van der Waals surface area contributed by atoms with Crippen molar-refractivity contribution in [2.45, 2.75) is 12.5 Å². The average Bonchev–Trinajstić information content (AvgIpc) is 2.48. The van der Waals surface area contributed by atoms with Gasteiger partial charge in [0.2, 0.25) is 5.91 Å². The molecule has 5 nitrogen and oxygen atoms in total. The van der Waals surface area contributed by atoms with Crippen LogP contribution < -0.4 is 15.8 Å². The van der Waals surface area contributed by atoms with Crippen LogP contribution in [0.4, 0.5) is 5.69 Å². The van der Waals surface area contributed by atoms with Crippen LogP contribution in [0.25, 0.3) is 0 Å². The van der Waals surface area contributed by atoms with Crippen molar-refractivity contribution in [1.82, 2.24) is 0 Å². The number of aromatic hydroxyl groups is 1. The molecule has 0 aliphatic rings. The summed E-state index contributed by atoms with van der Waals surface area (Å²) in [6, 6.07) is 13.6. The number of nitrogens with one attached hydrogen (secondary N) is 1. The number of amides is 1. The van der Waals surface area contributed by atoms with Crippen molar-refractivity contribution in [3.63, 3.8) is 0 Å². The summed E-state index contributed by atoms with van der Waals surface area (Å²) in [5.41, 5.74) is 7.36. The fourth-order valence-electron chi connectivity index (χ4n) is 1.96. The first-order chi connectivity index (χ1) is 10.1. The van der Waals surface area contributed by atoms with Crippen LogP contribution in [0, 0.1) is 0 Å². The summed E-state index contributed by atoms with van der Waals surface area (Å²) in [5.74, 6) is 0.0110. The van der Waals surface area contributed by atoms with E-state index >= 15 is 0 Å². The molecule has 110 valence electrons. The molecule has 0 radical (unpaired) electrons. The molecule has 0 saturated heterocycles. The summed E-state index contributed by atoms with van der Waals surface area (Å²) in [4.78, 5) is 12.0. The van der Waals surface area contributed by atoms with Crippen LogP contribution in [0.3, 0.4) is 0 Å². The lowest BCUT2D eigenvalue weighted by molar-refractivity contribution is -0.117. The van der Waals surface area contributed by atoms with Gasteiger partial charge in [-0.3, -0.25) is 4.79 Å². The molecule has 0 aliphatic heterocycles. The van der Waals surface area contributed by atoms with E-state index in [4.69, 9.17) is 10.5 Å². The van der Waals surface area contributed by atoms with Gasteiger partial charge in [0.15, 0.2) is 11.5 Å². The van der Waals surface area contributed by atoms with E-state index in [0.29, 0.717) is 17.9 Å². The number of benzene rings is 2. The number of rotatable bonds is 5. The molecule has 0 fully saturated rings. The predicted octanol–water partition coefficient (Wildman–Crippen LogP) is 1.91. The maximum atomic E-state index is 12.0. The number of hydrogen-bond donors (Lipinski definition) is 3. The number of carbonyl (C=O) groups is 1. The second-order valence-electron chi connectivity index (χ2n) is 4.67. The Bertz CT molecular complexity index is 614. The number of ether oxygens (including phenoxy) is 1. The summed E-state index contributed by atoms with van der Waals surface area (Å²) in [5, 5.41) is 12.3. The largest absolute Gasteiger partial charge is 0.504 e. The van der Waals surface area contributed by atoms with Gasteiger partial charge in [-0.05, 0) is 24.1 Å². The minimum atomic E-state index is -0.656. The number of hydrogen-bond acceptors (Lipinski definition) is 4. The summed E-state index contributed by atoms with van der Waals surface area (Å²) in [6.07, 6.45) is 0.453. The lowest BCUT2D eigenvalue weighted by Crippen LogP contribution is -2.37. The number of nitrogens with two attached hydrogens (primary N) is 1. The summed E-state index contributed by atoms with van der Waals surface area (Å²) in [7, 11) is 1.46. The predicted molar refractivity (Wildman–Crippen MR) is 81.4 cm³/mol. The minimum Gasteiger partial charge on any atom is -0.504 e. The van der Waals surface area contributed by atoms with Crippen LogP contribution in [0.5, 0.6) is 11.5 Å². The Hall–Kier alpha value is -2.53. The van der Waals surface area contributed by atoms with Gasteiger partial charge in [0, 0.05) is 11.8 Å². The molecule has 0 aliphatic carbocycles. The SMILES string of the molecule is COc1ccc(NC(=O)[C@H](N)Cc2ccccc2)cc1O. The Morgan fingerprint density at radius 3 is 2.62 bits per heavy atom. The molecule has 0 spiro atoms. The number of anilines is 1. The fourth-order valence-corrected chi connectivity index (χ4v) is 1.96. The van der Waals surface area contributed by atoms with E-state index in [9.17, 15) is 9.90 Å². The first-order valence-electron chi connectivity index (χ1n) is 6.57. The fraction of sp³-hybridized carbons (Fsp3) is 0.188. The van der Waals surface area contributed by atoms with Crippen molar-refractivity contribution in [1.29, 1.82) is 0 Å². The lowest BCUT2D eigenvalue weighted by Gasteiger charge is -2.13. The summed E-state index contributed by atoms with van der Waals surface area (Å²) < 4.78 is 4.94. The van der Waals surface area contributed by atoms with Crippen LogP contribution in [-0.2, 0) is 11.2 Å². The average molecular weight is 286 g/mol. The lowest BCUT2D eigenvalue weighted by atomic mass is 10.1. The number of phenolic OH excluding ortho intramolecular Hbond substituents is 1. The molecule has 4 N–H and O–H groups in total. The number of carbonyl (C=O) groups excluding carboxylic acids is 1. The highest BCUT2D eigenvalue weighted by Gasteiger charge is 2.15. The molecule has 2 rings (SSSR count). The van der Waals surface area contributed by atoms with Gasteiger partial charge in [-0.2, -0.15) is 0 Å². The molecular formula is C16H18N2O3. The van der Waals surface area contributed by atoms with Gasteiger partial charge in [0.1, 0.15) is 0 Å². The molecule has 0 aromatic heterocycles. The second-order valence-corrected chi connectivity index (χ2v) is 4.67. The van der Waals surface area contributed by atoms with Crippen molar-refractivity contribution >= 4 is 11.6 Å². The van der Waals surface area contributed by atoms with Crippen LogP contribution in [0.2, 0.25) is 0 Å². The van der Waals surface area contributed by atoms with Gasteiger partial charge >= 0.3 is 0 Å². The summed E-state index contributed by atoms with van der Waals surface area (Å²) >= 11 is 0. The van der Waals surface area contributed by atoms with Gasteiger partial charge in [-0.1, -0.05) is 30.3 Å². The summed E-state index contributed by atoms with van der Waals surface area (Å²) in [6.45, 7) is 0. The van der Waals surface area contributed by atoms with Crippen LogP contribution in [0.1, 0.15) is 5.56 Å². The zero-order valence-electron chi connectivity index (χ0n) is 11.7. The maximum absolute atomic E-state index is 12.0. The topological polar surface area (TPSA) is 84.6 Å². The van der Waals surface area contributed by atoms with Crippen molar-refractivity contribution in [3.05, 3.63) is 54.1 Å². The smallest absolute Gasteiger partial charge is 0.241 e. The highest BCUT2D eigenvalue weighted by Crippen LogP contribution is 2.28. The van der Waals surface area contributed by atoms with Crippen LogP contribution in [-0.4, -0.2) is 24.2 Å². The number of phenols is 1. The number of methoxy groups -OCH3 is 1. The zero-order chi connectivity index (χ0) is 15.2. The van der Waals surface area contributed by atoms with E-state index in [-0.39, 0.29) is 11.7 Å². The second kappa shape index (κ2) is 6.76. The highest BCUT2D eigenvalue weighted by molar-refractivity contribution is 5.95. The first-order valence-corrected chi connectivity index (χ1v) is 6.57. The zero-order valence-corrected chi connectivity index (χ0v) is 11.7. The van der Waals surface area contributed by atoms with E-state index in [1.807, 2.05) is 30.3 Å². The van der Waals surface area contributed by atoms with E-state index in [1.54, 1.807) is 12.1 Å². The Kier molecular flexibility index (Phi) is 4.79. The van der Waals surface area contributed by atoms with E-state index in [2.05, 4.69) is 5.32 Å². The highest BCUT2D eigenvalue weighted by atomic mass is 16.5. The molecule has 5 heteroatoms.